The molecular weight excluding hydrogens is 1630 g/mol. The van der Waals surface area contributed by atoms with Crippen LogP contribution in [0.3, 0.4) is 0 Å². The van der Waals surface area contributed by atoms with Crippen molar-refractivity contribution in [2.75, 3.05) is 37.1 Å². The fourth-order valence-electron chi connectivity index (χ4n) is 10.0. The minimum atomic E-state index is -4.45. The van der Waals surface area contributed by atoms with Crippen molar-refractivity contribution in [3.05, 3.63) is 179 Å². The van der Waals surface area contributed by atoms with E-state index in [2.05, 4.69) is 42.3 Å². The van der Waals surface area contributed by atoms with Crippen LogP contribution in [0.1, 0.15) is 201 Å². The molecule has 7 amide bonds. The van der Waals surface area contributed by atoms with Crippen LogP contribution in [0.5, 0.6) is 0 Å². The van der Waals surface area contributed by atoms with Gasteiger partial charge in [0.05, 0.1) is 75.2 Å². The molecule has 1 aromatic heterocycles. The monoisotopic (exact) mass is 1740 g/mol. The molecule has 0 aliphatic rings. The molecule has 123 heavy (non-hydrogen) atoms. The number of hydrazine groups is 2. The molecule has 0 aliphatic carbocycles. The molecule has 6 aromatic carbocycles. The first-order chi connectivity index (χ1) is 56.0. The summed E-state index contributed by atoms with van der Waals surface area (Å²) in [5, 5.41) is 37.0. The minimum absolute atomic E-state index is 0.122. The van der Waals surface area contributed by atoms with Gasteiger partial charge in [0, 0.05) is 61.2 Å². The predicted octanol–water partition coefficient (Wildman–Crippen LogP) is 18.9. The highest BCUT2D eigenvalue weighted by Crippen LogP contribution is 2.37. The van der Waals surface area contributed by atoms with Crippen molar-refractivity contribution in [1.29, 1.82) is 0 Å². The molecule has 1 heterocycles. The molecule has 0 fully saturated rings. The minimum Gasteiger partial charge on any atom is -0.481 e. The van der Waals surface area contributed by atoms with Gasteiger partial charge in [0.1, 0.15) is 22.4 Å². The summed E-state index contributed by atoms with van der Waals surface area (Å²) in [6.45, 7) is 34.9. The number of aromatic nitrogens is 2. The number of nitrogen functional groups attached to an aromatic ring is 1. The van der Waals surface area contributed by atoms with Crippen LogP contribution in [-0.4, -0.2) is 155 Å². The zero-order valence-corrected chi connectivity index (χ0v) is 73.0. The van der Waals surface area contributed by atoms with Crippen LogP contribution in [0.2, 0.25) is 0 Å². The zero-order chi connectivity index (χ0) is 94.2. The van der Waals surface area contributed by atoms with E-state index in [1.807, 2.05) is 19.3 Å². The number of alkyl carbamates (subject to hydrolysis) is 1. The van der Waals surface area contributed by atoms with Gasteiger partial charge in [-0.3, -0.25) is 40.3 Å². The first kappa shape index (κ1) is 105. The number of ether oxygens (including phenoxy) is 4. The van der Waals surface area contributed by atoms with Gasteiger partial charge in [-0.15, -0.1) is 10.2 Å². The Morgan fingerprint density at radius 3 is 1.07 bits per heavy atom. The van der Waals surface area contributed by atoms with Gasteiger partial charge < -0.3 is 69.5 Å². The number of rotatable bonds is 21. The third-order valence-corrected chi connectivity index (χ3v) is 16.8. The van der Waals surface area contributed by atoms with E-state index >= 15 is 0 Å². The molecule has 0 bridgehead atoms. The standard InChI is InChI=1S/C25H31F3N4O4.C25H29F3N4O3.C14H12F3N3O.C11H21NO4.C10H19NO4/c1-23(2,3)36-22(35)32(6)24(4,5)15-20(33)30-31-21(34)18-9-7-8-10-19(18)29-17-13-11-16(12-14-17)25(26,27)28;1-23(2,3)35-22(33)32(6)24(4,5)15-20-30-31-21(34-20)18-9-7-8-10-19(18)29-17-13-11-16(12-14-17)25(26,27)28;15-14(16,17)9-5-7-10(8-6-9)19-12-4-2-1-3-11(12)13(21)20-18;1-10(2,3)16-9(15)12(6)11(4,5)7-8(13)14;1-9(2,3)15-8(14)11-10(4,5)6-7(12)13/h7-14,29H,15H2,1-6H3,(H,30,33)(H,31,34);7-14,29H,15H2,1-6H3;1-8,19H,18H2,(H,20,21);7H2,1-6H3,(H,13,14);6H2,1-5H3,(H,11,14)(H,12,13). The molecule has 0 unspecified atom stereocenters. The van der Waals surface area contributed by atoms with Crippen LogP contribution in [0.15, 0.2) is 150 Å². The highest BCUT2D eigenvalue weighted by Gasteiger charge is 2.38. The maximum absolute atomic E-state index is 12.8. The number of benzene rings is 6. The second-order valence-corrected chi connectivity index (χ2v) is 34.3. The maximum atomic E-state index is 12.8. The molecule has 7 rings (SSSR count). The van der Waals surface area contributed by atoms with Gasteiger partial charge >= 0.3 is 54.8 Å². The number of para-hydroxylation sites is 3. The summed E-state index contributed by atoms with van der Waals surface area (Å²) in [4.78, 5) is 110. The maximum Gasteiger partial charge on any atom is 0.416 e. The summed E-state index contributed by atoms with van der Waals surface area (Å²) in [7, 11) is 4.70. The van der Waals surface area contributed by atoms with Gasteiger partial charge in [0.2, 0.25) is 17.7 Å². The van der Waals surface area contributed by atoms with Crippen LogP contribution in [0.4, 0.5) is 92.8 Å². The molecular formula is C85H112F9N13O16. The quantitative estimate of drug-likeness (QED) is 0.0105. The number of aliphatic carboxylic acids is 2. The average Bonchev–Trinajstić information content (AvgIpc) is 1.74. The smallest absolute Gasteiger partial charge is 0.416 e. The van der Waals surface area contributed by atoms with Gasteiger partial charge in [0.25, 0.3) is 11.8 Å². The second-order valence-electron chi connectivity index (χ2n) is 34.3. The molecule has 0 saturated heterocycles. The molecule has 0 spiro atoms. The van der Waals surface area contributed by atoms with E-state index in [-0.39, 0.29) is 37.1 Å². The number of nitrogens with one attached hydrogen (secondary N) is 7. The Morgan fingerprint density at radius 2 is 0.724 bits per heavy atom. The number of carboxylic acid groups (broad SMARTS) is 2. The number of carboxylic acids is 2. The first-order valence-electron chi connectivity index (χ1n) is 37.9. The largest absolute Gasteiger partial charge is 0.481 e. The Hall–Kier alpha value is -12.4. The summed E-state index contributed by atoms with van der Waals surface area (Å²) in [6.07, 6.45) is -15.5. The molecule has 0 saturated carbocycles. The summed E-state index contributed by atoms with van der Waals surface area (Å²) in [6, 6.07) is 33.6. The molecule has 0 atom stereocenters. The van der Waals surface area contributed by atoms with Crippen molar-refractivity contribution in [2.45, 2.75) is 227 Å². The zero-order valence-electron chi connectivity index (χ0n) is 73.0. The predicted molar refractivity (Wildman–Crippen MR) is 445 cm³/mol. The molecule has 7 aromatic rings. The van der Waals surface area contributed by atoms with Crippen molar-refractivity contribution in [1.82, 2.24) is 46.5 Å². The molecule has 0 radical (unpaired) electrons. The topological polar surface area (TPSA) is 390 Å². The van der Waals surface area contributed by atoms with Crippen molar-refractivity contribution < 1.29 is 116 Å². The summed E-state index contributed by atoms with van der Waals surface area (Å²) >= 11 is 0. The van der Waals surface area contributed by atoms with E-state index in [0.29, 0.717) is 51.1 Å². The number of nitrogens with zero attached hydrogens (tertiary/aromatic N) is 5. The second kappa shape index (κ2) is 42.9. The summed E-state index contributed by atoms with van der Waals surface area (Å²) in [5.74, 6) is 2.06. The third-order valence-electron chi connectivity index (χ3n) is 16.8. The van der Waals surface area contributed by atoms with E-state index < -0.39 is 134 Å². The van der Waals surface area contributed by atoms with E-state index in [4.69, 9.17) is 39.4 Å². The fourth-order valence-corrected chi connectivity index (χ4v) is 10.0. The number of halogens is 9. The number of hydrogen-bond donors (Lipinski definition) is 10. The van der Waals surface area contributed by atoms with E-state index in [0.717, 1.165) is 36.4 Å². The van der Waals surface area contributed by atoms with Crippen molar-refractivity contribution >= 4 is 88.2 Å². The van der Waals surface area contributed by atoms with Gasteiger partial charge in [-0.2, -0.15) is 39.5 Å². The lowest BCUT2D eigenvalue weighted by Gasteiger charge is -2.36. The first-order valence-corrected chi connectivity index (χ1v) is 37.9. The van der Waals surface area contributed by atoms with Crippen molar-refractivity contribution in [3.8, 4) is 11.5 Å². The Morgan fingerprint density at radius 1 is 0.398 bits per heavy atom. The summed E-state index contributed by atoms with van der Waals surface area (Å²) in [5.41, 5.74) is 2.40. The van der Waals surface area contributed by atoms with Gasteiger partial charge in [0.15, 0.2) is 0 Å². The summed E-state index contributed by atoms with van der Waals surface area (Å²) < 4.78 is 141. The van der Waals surface area contributed by atoms with Gasteiger partial charge in [-0.1, -0.05) is 36.4 Å². The number of hydrogen-bond acceptors (Lipinski definition) is 20. The molecule has 11 N–H and O–H groups in total. The lowest BCUT2D eigenvalue weighted by Crippen LogP contribution is -2.51. The number of carbonyl (C=O) groups excluding carboxylic acids is 7. The Bertz CT molecular complexity index is 4700. The molecule has 0 aliphatic heterocycles. The van der Waals surface area contributed by atoms with E-state index in [1.54, 1.807) is 198 Å². The van der Waals surface area contributed by atoms with Crippen LogP contribution in [-0.2, 0) is 58.3 Å². The van der Waals surface area contributed by atoms with E-state index in [1.165, 1.54) is 71.3 Å². The lowest BCUT2D eigenvalue weighted by molar-refractivity contribution is -0.140. The number of nitrogens with two attached hydrogens (primary N) is 1. The Balaban J connectivity index is 0.000000416. The van der Waals surface area contributed by atoms with Crippen LogP contribution >= 0.6 is 0 Å². The highest BCUT2D eigenvalue weighted by atomic mass is 19.4. The van der Waals surface area contributed by atoms with E-state index in [9.17, 15) is 82.7 Å². The fraction of sp³-hybridized carbons (Fsp3) is 0.447. The lowest BCUT2D eigenvalue weighted by atomic mass is 9.99. The van der Waals surface area contributed by atoms with Gasteiger partial charge in [-0.05, 0) is 248 Å². The van der Waals surface area contributed by atoms with Crippen molar-refractivity contribution in [3.63, 3.8) is 0 Å². The number of likely N-dealkylation sites (N-methyl/N-ethyl adjacent to an activating group) is 1. The number of carbonyl (C=O) groups is 9. The van der Waals surface area contributed by atoms with Gasteiger partial charge in [-0.25, -0.2) is 25.0 Å². The van der Waals surface area contributed by atoms with Crippen LogP contribution in [0, 0.1) is 0 Å². The normalized spacial score (nSPS) is 11.9. The number of alkyl halides is 9. The molecule has 38 heteroatoms. The molecule has 29 nitrogen and oxygen atoms in total. The van der Waals surface area contributed by atoms with Crippen LogP contribution < -0.4 is 43.4 Å². The Labute approximate surface area is 709 Å². The van der Waals surface area contributed by atoms with Crippen LogP contribution in [0.25, 0.3) is 11.5 Å². The SMILES string of the molecule is CC(C)(CC(=O)O)NC(=O)OC(C)(C)C.CN(C(=O)OC(C)(C)C)C(C)(C)CC(=O)NNC(=O)c1ccccc1Nc1ccc(C(F)(F)F)cc1.CN(C(=O)OC(C)(C)C)C(C)(C)CC(=O)O.CN(C(=O)OC(C)(C)C)C(C)(C)Cc1nnc(-c2ccccc2Nc2ccc(C(F)(F)F)cc2)o1.NNC(=O)c1ccccc1Nc1ccc(C(F)(F)F)cc1. The number of amides is 7. The van der Waals surface area contributed by atoms with Crippen molar-refractivity contribution in [2.24, 2.45) is 5.84 Å². The average molecular weight is 1740 g/mol. The number of anilines is 6. The molecule has 676 valence electrons. The highest BCUT2D eigenvalue weighted by molar-refractivity contribution is 6.01. The Kier molecular flexibility index (Phi) is 36.6. The third kappa shape index (κ3) is 37.7.